The molecule has 0 aromatic carbocycles. The normalized spacial score (nSPS) is 13.4. The zero-order valence-electron chi connectivity index (χ0n) is 7.90. The standard InChI is InChI=1S/C9H22N2/c1-3-4-5-9(2)6-7-11-8-10/h9,11H,3-8,10H2,1-2H3. The molecule has 2 nitrogen and oxygen atoms in total. The van der Waals surface area contributed by atoms with Crippen molar-refractivity contribution in [3.63, 3.8) is 0 Å². The average molecular weight is 158 g/mol. The summed E-state index contributed by atoms with van der Waals surface area (Å²) >= 11 is 0. The van der Waals surface area contributed by atoms with Crippen LogP contribution in [-0.4, -0.2) is 13.2 Å². The Kier molecular flexibility index (Phi) is 7.96. The fraction of sp³-hybridized carbons (Fsp3) is 1.00. The van der Waals surface area contributed by atoms with Gasteiger partial charge in [0.1, 0.15) is 0 Å². The number of nitrogens with one attached hydrogen (secondary N) is 1. The molecule has 0 heterocycles. The fourth-order valence-electron chi connectivity index (χ4n) is 1.15. The lowest BCUT2D eigenvalue weighted by molar-refractivity contribution is 0.456. The Hall–Kier alpha value is -0.0800. The largest absolute Gasteiger partial charge is 0.318 e. The van der Waals surface area contributed by atoms with Crippen LogP contribution < -0.4 is 11.1 Å². The van der Waals surface area contributed by atoms with E-state index in [1.54, 1.807) is 0 Å². The molecule has 0 saturated carbocycles. The minimum atomic E-state index is 0.612. The summed E-state index contributed by atoms with van der Waals surface area (Å²) in [4.78, 5) is 0. The molecule has 1 atom stereocenters. The Morgan fingerprint density at radius 3 is 2.64 bits per heavy atom. The van der Waals surface area contributed by atoms with Crippen LogP contribution in [0.1, 0.15) is 39.5 Å². The molecule has 0 aliphatic carbocycles. The summed E-state index contributed by atoms with van der Waals surface area (Å²) in [7, 11) is 0. The van der Waals surface area contributed by atoms with E-state index in [9.17, 15) is 0 Å². The van der Waals surface area contributed by atoms with Gasteiger partial charge in [-0.2, -0.15) is 0 Å². The first kappa shape index (κ1) is 10.9. The van der Waals surface area contributed by atoms with Crippen molar-refractivity contribution < 1.29 is 0 Å². The highest BCUT2D eigenvalue weighted by Crippen LogP contribution is 2.10. The Bertz CT molecular complexity index is 74.0. The van der Waals surface area contributed by atoms with Crippen molar-refractivity contribution in [1.82, 2.24) is 5.32 Å². The molecule has 0 aromatic rings. The van der Waals surface area contributed by atoms with Crippen LogP contribution in [0.4, 0.5) is 0 Å². The van der Waals surface area contributed by atoms with Crippen molar-refractivity contribution in [2.45, 2.75) is 39.5 Å². The molecule has 0 bridgehead atoms. The molecular weight excluding hydrogens is 136 g/mol. The van der Waals surface area contributed by atoms with Gasteiger partial charge in [-0.3, -0.25) is 0 Å². The first-order valence-electron chi connectivity index (χ1n) is 4.72. The molecule has 2 heteroatoms. The predicted molar refractivity (Wildman–Crippen MR) is 50.4 cm³/mol. The van der Waals surface area contributed by atoms with E-state index in [2.05, 4.69) is 19.2 Å². The van der Waals surface area contributed by atoms with Crippen molar-refractivity contribution >= 4 is 0 Å². The first-order chi connectivity index (χ1) is 5.31. The molecule has 0 rings (SSSR count). The van der Waals surface area contributed by atoms with Crippen LogP contribution >= 0.6 is 0 Å². The van der Waals surface area contributed by atoms with E-state index in [1.165, 1.54) is 25.7 Å². The van der Waals surface area contributed by atoms with Gasteiger partial charge in [-0.1, -0.05) is 33.1 Å². The Balaban J connectivity index is 3.02. The van der Waals surface area contributed by atoms with Crippen LogP contribution in [0, 0.1) is 5.92 Å². The maximum absolute atomic E-state index is 5.30. The lowest BCUT2D eigenvalue weighted by atomic mass is 10.0. The fourth-order valence-corrected chi connectivity index (χ4v) is 1.15. The van der Waals surface area contributed by atoms with E-state index in [-0.39, 0.29) is 0 Å². The molecule has 0 spiro atoms. The van der Waals surface area contributed by atoms with E-state index in [0.29, 0.717) is 6.67 Å². The summed E-state index contributed by atoms with van der Waals surface area (Å²) in [5, 5.41) is 3.13. The zero-order valence-corrected chi connectivity index (χ0v) is 7.90. The van der Waals surface area contributed by atoms with Gasteiger partial charge in [0.15, 0.2) is 0 Å². The smallest absolute Gasteiger partial charge is 0.0428 e. The summed E-state index contributed by atoms with van der Waals surface area (Å²) in [6, 6.07) is 0. The second-order valence-electron chi connectivity index (χ2n) is 3.24. The van der Waals surface area contributed by atoms with Gasteiger partial charge in [-0.25, -0.2) is 0 Å². The lowest BCUT2D eigenvalue weighted by Crippen LogP contribution is -2.24. The molecule has 0 fully saturated rings. The predicted octanol–water partition coefficient (Wildman–Crippen LogP) is 1.71. The third kappa shape index (κ3) is 7.82. The quantitative estimate of drug-likeness (QED) is 0.437. The van der Waals surface area contributed by atoms with Gasteiger partial charge in [-0.05, 0) is 18.9 Å². The van der Waals surface area contributed by atoms with Crippen LogP contribution in [0.15, 0.2) is 0 Å². The number of unbranched alkanes of at least 4 members (excludes halogenated alkanes) is 1. The summed E-state index contributed by atoms with van der Waals surface area (Å²) in [6.07, 6.45) is 5.30. The van der Waals surface area contributed by atoms with Gasteiger partial charge in [0.2, 0.25) is 0 Å². The molecule has 0 aliphatic rings. The molecule has 0 amide bonds. The van der Waals surface area contributed by atoms with E-state index in [4.69, 9.17) is 5.73 Å². The molecule has 0 saturated heterocycles. The Morgan fingerprint density at radius 1 is 1.36 bits per heavy atom. The third-order valence-electron chi connectivity index (χ3n) is 2.01. The highest BCUT2D eigenvalue weighted by molar-refractivity contribution is 4.54. The van der Waals surface area contributed by atoms with Crippen molar-refractivity contribution in [3.8, 4) is 0 Å². The molecule has 68 valence electrons. The van der Waals surface area contributed by atoms with Crippen LogP contribution in [-0.2, 0) is 0 Å². The molecule has 0 aromatic heterocycles. The highest BCUT2D eigenvalue weighted by atomic mass is 14.9. The number of hydrogen-bond donors (Lipinski definition) is 2. The summed E-state index contributed by atoms with van der Waals surface area (Å²) in [5.74, 6) is 0.856. The van der Waals surface area contributed by atoms with Gasteiger partial charge in [-0.15, -0.1) is 0 Å². The van der Waals surface area contributed by atoms with Gasteiger partial charge >= 0.3 is 0 Å². The zero-order chi connectivity index (χ0) is 8.53. The minimum absolute atomic E-state index is 0.612. The topological polar surface area (TPSA) is 38.0 Å². The van der Waals surface area contributed by atoms with Gasteiger partial charge in [0.25, 0.3) is 0 Å². The monoisotopic (exact) mass is 158 g/mol. The molecule has 11 heavy (non-hydrogen) atoms. The third-order valence-corrected chi connectivity index (χ3v) is 2.01. The van der Waals surface area contributed by atoms with Gasteiger partial charge < -0.3 is 11.1 Å². The second kappa shape index (κ2) is 8.02. The van der Waals surface area contributed by atoms with Crippen molar-refractivity contribution in [2.24, 2.45) is 11.7 Å². The molecule has 1 unspecified atom stereocenters. The van der Waals surface area contributed by atoms with Crippen LogP contribution in [0.25, 0.3) is 0 Å². The average Bonchev–Trinajstić information content (AvgIpc) is 2.01. The maximum atomic E-state index is 5.30. The van der Waals surface area contributed by atoms with E-state index >= 15 is 0 Å². The molecule has 0 aliphatic heterocycles. The van der Waals surface area contributed by atoms with E-state index in [0.717, 1.165) is 12.5 Å². The first-order valence-corrected chi connectivity index (χ1v) is 4.72. The number of nitrogens with two attached hydrogens (primary N) is 1. The van der Waals surface area contributed by atoms with Crippen molar-refractivity contribution in [1.29, 1.82) is 0 Å². The lowest BCUT2D eigenvalue weighted by Gasteiger charge is -2.09. The van der Waals surface area contributed by atoms with Crippen LogP contribution in [0.3, 0.4) is 0 Å². The summed E-state index contributed by atoms with van der Waals surface area (Å²) in [6.45, 7) is 6.24. The van der Waals surface area contributed by atoms with Crippen molar-refractivity contribution in [3.05, 3.63) is 0 Å². The van der Waals surface area contributed by atoms with Gasteiger partial charge in [0, 0.05) is 6.67 Å². The maximum Gasteiger partial charge on any atom is 0.0428 e. The Morgan fingerprint density at radius 2 is 2.09 bits per heavy atom. The van der Waals surface area contributed by atoms with Gasteiger partial charge in [0.05, 0.1) is 0 Å². The second-order valence-corrected chi connectivity index (χ2v) is 3.24. The van der Waals surface area contributed by atoms with Crippen LogP contribution in [0.2, 0.25) is 0 Å². The summed E-state index contributed by atoms with van der Waals surface area (Å²) < 4.78 is 0. The SMILES string of the molecule is CCCCC(C)CCNCN. The highest BCUT2D eigenvalue weighted by Gasteiger charge is 1.99. The minimum Gasteiger partial charge on any atom is -0.318 e. The van der Waals surface area contributed by atoms with Crippen molar-refractivity contribution in [2.75, 3.05) is 13.2 Å². The molecule has 0 radical (unpaired) electrons. The van der Waals surface area contributed by atoms with E-state index < -0.39 is 0 Å². The Labute approximate surface area is 70.5 Å². The molecule has 3 N–H and O–H groups in total. The molecular formula is C9H22N2. The number of hydrogen-bond acceptors (Lipinski definition) is 2. The summed E-state index contributed by atoms with van der Waals surface area (Å²) in [5.41, 5.74) is 5.30. The van der Waals surface area contributed by atoms with E-state index in [1.807, 2.05) is 0 Å². The van der Waals surface area contributed by atoms with Crippen LogP contribution in [0.5, 0.6) is 0 Å². The number of rotatable bonds is 7.